The molecular weight excluding hydrogens is 276 g/mol. The van der Waals surface area contributed by atoms with Gasteiger partial charge in [0.2, 0.25) is 0 Å². The first-order valence-electron chi connectivity index (χ1n) is 6.93. The lowest BCUT2D eigenvalue weighted by molar-refractivity contribution is 0.125. The van der Waals surface area contributed by atoms with E-state index in [9.17, 15) is 5.11 Å². The van der Waals surface area contributed by atoms with Gasteiger partial charge in [0.25, 0.3) is 0 Å². The zero-order valence-corrected chi connectivity index (χ0v) is 12.2. The summed E-state index contributed by atoms with van der Waals surface area (Å²) >= 11 is 0. The first-order chi connectivity index (χ1) is 10.7. The van der Waals surface area contributed by atoms with Crippen LogP contribution in [0, 0.1) is 0 Å². The van der Waals surface area contributed by atoms with Crippen molar-refractivity contribution in [2.45, 2.75) is 5.60 Å². The summed E-state index contributed by atoms with van der Waals surface area (Å²) in [6.45, 7) is 0. The molecule has 0 saturated heterocycles. The van der Waals surface area contributed by atoms with Crippen molar-refractivity contribution in [3.63, 3.8) is 0 Å². The molecule has 22 heavy (non-hydrogen) atoms. The van der Waals surface area contributed by atoms with Crippen LogP contribution in [0.1, 0.15) is 16.7 Å². The van der Waals surface area contributed by atoms with Crippen LogP contribution in [-0.2, 0) is 5.60 Å². The molecule has 0 aliphatic carbocycles. The Balaban J connectivity index is 2.18. The number of hydrogen-bond donors (Lipinski definition) is 1. The van der Waals surface area contributed by atoms with Gasteiger partial charge >= 0.3 is 0 Å². The Bertz CT molecular complexity index is 689. The zero-order chi connectivity index (χ0) is 15.4. The molecule has 0 bridgehead atoms. The van der Waals surface area contributed by atoms with E-state index in [-0.39, 0.29) is 0 Å². The molecule has 0 fully saturated rings. The maximum atomic E-state index is 11.5. The maximum Gasteiger partial charge on any atom is 0.143 e. The average Bonchev–Trinajstić information content (AvgIpc) is 2.62. The SMILES string of the molecule is COc1ccc([C@](O)(c2ccccc2)c2cncnc2)cc1. The van der Waals surface area contributed by atoms with E-state index in [1.54, 1.807) is 19.5 Å². The quantitative estimate of drug-likeness (QED) is 0.803. The second-order valence-corrected chi connectivity index (χ2v) is 4.93. The third kappa shape index (κ3) is 2.44. The molecule has 1 N–H and O–H groups in total. The Morgan fingerprint density at radius 3 is 2.00 bits per heavy atom. The van der Waals surface area contributed by atoms with Crippen molar-refractivity contribution >= 4 is 0 Å². The fraction of sp³-hybridized carbons (Fsp3) is 0.111. The largest absolute Gasteiger partial charge is 0.497 e. The van der Waals surface area contributed by atoms with Crippen LogP contribution in [0.25, 0.3) is 0 Å². The second-order valence-electron chi connectivity index (χ2n) is 4.93. The number of aromatic nitrogens is 2. The lowest BCUT2D eigenvalue weighted by Gasteiger charge is -2.29. The van der Waals surface area contributed by atoms with E-state index in [0.717, 1.165) is 16.9 Å². The van der Waals surface area contributed by atoms with E-state index < -0.39 is 5.60 Å². The number of benzene rings is 2. The Hall–Kier alpha value is -2.72. The van der Waals surface area contributed by atoms with Gasteiger partial charge in [-0.1, -0.05) is 42.5 Å². The van der Waals surface area contributed by atoms with Gasteiger partial charge in [0, 0.05) is 18.0 Å². The fourth-order valence-corrected chi connectivity index (χ4v) is 2.50. The summed E-state index contributed by atoms with van der Waals surface area (Å²) in [6.07, 6.45) is 4.71. The number of rotatable bonds is 4. The zero-order valence-electron chi connectivity index (χ0n) is 12.2. The van der Waals surface area contributed by atoms with Crippen molar-refractivity contribution in [1.82, 2.24) is 9.97 Å². The van der Waals surface area contributed by atoms with Gasteiger partial charge in [-0.3, -0.25) is 0 Å². The minimum absolute atomic E-state index is 0.617. The van der Waals surface area contributed by atoms with Crippen molar-refractivity contribution in [2.24, 2.45) is 0 Å². The third-order valence-electron chi connectivity index (χ3n) is 3.68. The summed E-state index contributed by atoms with van der Waals surface area (Å²) in [5.74, 6) is 0.739. The molecule has 0 saturated carbocycles. The molecule has 1 heterocycles. The second kappa shape index (κ2) is 5.95. The molecule has 0 spiro atoms. The van der Waals surface area contributed by atoms with Crippen LogP contribution < -0.4 is 4.74 Å². The van der Waals surface area contributed by atoms with Gasteiger partial charge in [0.1, 0.15) is 17.7 Å². The molecule has 4 nitrogen and oxygen atoms in total. The highest BCUT2D eigenvalue weighted by atomic mass is 16.5. The van der Waals surface area contributed by atoms with E-state index in [2.05, 4.69) is 9.97 Å². The molecule has 0 amide bonds. The van der Waals surface area contributed by atoms with Crippen LogP contribution in [-0.4, -0.2) is 22.2 Å². The smallest absolute Gasteiger partial charge is 0.143 e. The van der Waals surface area contributed by atoms with E-state index in [1.165, 1.54) is 6.33 Å². The maximum absolute atomic E-state index is 11.5. The van der Waals surface area contributed by atoms with E-state index >= 15 is 0 Å². The molecule has 2 aromatic carbocycles. The Labute approximate surface area is 129 Å². The van der Waals surface area contributed by atoms with Gasteiger partial charge in [0.05, 0.1) is 7.11 Å². The van der Waals surface area contributed by atoms with Gasteiger partial charge in [-0.05, 0) is 23.3 Å². The van der Waals surface area contributed by atoms with Crippen LogP contribution in [0.5, 0.6) is 5.75 Å². The summed E-state index contributed by atoms with van der Waals surface area (Å²) in [5.41, 5.74) is 0.796. The normalized spacial score (nSPS) is 13.4. The van der Waals surface area contributed by atoms with Gasteiger partial charge < -0.3 is 9.84 Å². The molecular formula is C18H16N2O2. The van der Waals surface area contributed by atoms with Crippen LogP contribution >= 0.6 is 0 Å². The highest BCUT2D eigenvalue weighted by Gasteiger charge is 2.34. The van der Waals surface area contributed by atoms with Crippen molar-refractivity contribution in [3.8, 4) is 5.75 Å². The molecule has 0 unspecified atom stereocenters. The van der Waals surface area contributed by atoms with Crippen molar-refractivity contribution < 1.29 is 9.84 Å². The predicted octanol–water partition coefficient (Wildman–Crippen LogP) is 2.77. The molecule has 110 valence electrons. The topological polar surface area (TPSA) is 55.2 Å². The molecule has 0 aliphatic heterocycles. The predicted molar refractivity (Wildman–Crippen MR) is 83.6 cm³/mol. The molecule has 0 aliphatic rings. The van der Waals surface area contributed by atoms with Crippen LogP contribution in [0.2, 0.25) is 0 Å². The number of methoxy groups -OCH3 is 1. The lowest BCUT2D eigenvalue weighted by atomic mass is 9.81. The number of nitrogens with zero attached hydrogens (tertiary/aromatic N) is 2. The highest BCUT2D eigenvalue weighted by Crippen LogP contribution is 2.36. The van der Waals surface area contributed by atoms with Crippen molar-refractivity contribution in [1.29, 1.82) is 0 Å². The Kier molecular flexibility index (Phi) is 3.85. The first-order valence-corrected chi connectivity index (χ1v) is 6.93. The van der Waals surface area contributed by atoms with Crippen molar-refractivity contribution in [2.75, 3.05) is 7.11 Å². The van der Waals surface area contributed by atoms with Gasteiger partial charge in [-0.2, -0.15) is 0 Å². The molecule has 3 aromatic rings. The minimum atomic E-state index is -1.31. The molecule has 1 aromatic heterocycles. The van der Waals surface area contributed by atoms with E-state index in [0.29, 0.717) is 5.56 Å². The van der Waals surface area contributed by atoms with E-state index in [4.69, 9.17) is 4.74 Å². The molecule has 4 heteroatoms. The van der Waals surface area contributed by atoms with Gasteiger partial charge in [-0.25, -0.2) is 9.97 Å². The number of hydrogen-bond acceptors (Lipinski definition) is 4. The highest BCUT2D eigenvalue weighted by molar-refractivity contribution is 5.46. The Morgan fingerprint density at radius 1 is 0.818 bits per heavy atom. The van der Waals surface area contributed by atoms with Crippen molar-refractivity contribution in [3.05, 3.63) is 90.0 Å². The summed E-state index contributed by atoms with van der Waals surface area (Å²) in [5, 5.41) is 11.5. The summed E-state index contributed by atoms with van der Waals surface area (Å²) < 4.78 is 5.19. The van der Waals surface area contributed by atoms with Crippen LogP contribution in [0.3, 0.4) is 0 Å². The fourth-order valence-electron chi connectivity index (χ4n) is 2.50. The van der Waals surface area contributed by atoms with Gasteiger partial charge in [-0.15, -0.1) is 0 Å². The number of aliphatic hydroxyl groups is 1. The molecule has 1 atom stereocenters. The summed E-state index contributed by atoms with van der Waals surface area (Å²) in [7, 11) is 1.61. The monoisotopic (exact) mass is 292 g/mol. The summed E-state index contributed by atoms with van der Waals surface area (Å²) in [4.78, 5) is 8.08. The molecule has 0 radical (unpaired) electrons. The average molecular weight is 292 g/mol. The van der Waals surface area contributed by atoms with Gasteiger partial charge in [0.15, 0.2) is 0 Å². The third-order valence-corrected chi connectivity index (χ3v) is 3.68. The lowest BCUT2D eigenvalue weighted by Crippen LogP contribution is -2.29. The van der Waals surface area contributed by atoms with E-state index in [1.807, 2.05) is 54.6 Å². The Morgan fingerprint density at radius 2 is 1.41 bits per heavy atom. The van der Waals surface area contributed by atoms with Crippen LogP contribution in [0.15, 0.2) is 73.3 Å². The first kappa shape index (κ1) is 14.2. The number of ether oxygens (including phenoxy) is 1. The standard InChI is InChI=1S/C18H16N2O2/c1-22-17-9-7-15(8-10-17)18(21,14-5-3-2-4-6-14)16-11-19-13-20-12-16/h2-13,21H,1H3/t18-/m1/s1. The minimum Gasteiger partial charge on any atom is -0.497 e. The summed E-state index contributed by atoms with van der Waals surface area (Å²) in [6, 6.07) is 16.8. The molecule has 3 rings (SSSR count). The van der Waals surface area contributed by atoms with Crippen LogP contribution in [0.4, 0.5) is 0 Å².